The molecule has 0 saturated heterocycles. The first-order chi connectivity index (χ1) is 13.9. The first kappa shape index (κ1) is 19.6. The molecule has 0 bridgehead atoms. The van der Waals surface area contributed by atoms with E-state index >= 15 is 0 Å². The number of nitrogens with one attached hydrogen (secondary N) is 1. The topological polar surface area (TPSA) is 56.8 Å². The molecular formula is C24H29NO4. The highest BCUT2D eigenvalue weighted by atomic mass is 16.5. The lowest BCUT2D eigenvalue weighted by molar-refractivity contribution is -0.124. The van der Waals surface area contributed by atoms with E-state index in [4.69, 9.17) is 14.2 Å². The average molecular weight is 395 g/mol. The van der Waals surface area contributed by atoms with Crippen molar-refractivity contribution in [2.24, 2.45) is 0 Å². The van der Waals surface area contributed by atoms with E-state index in [9.17, 15) is 4.79 Å². The van der Waals surface area contributed by atoms with Gasteiger partial charge in [-0.3, -0.25) is 4.79 Å². The van der Waals surface area contributed by atoms with Gasteiger partial charge in [-0.25, -0.2) is 0 Å². The van der Waals surface area contributed by atoms with Crippen LogP contribution in [0.5, 0.6) is 17.2 Å². The van der Waals surface area contributed by atoms with Gasteiger partial charge in [0.15, 0.2) is 6.61 Å². The number of hydrogen-bond acceptors (Lipinski definition) is 4. The molecule has 1 heterocycles. The van der Waals surface area contributed by atoms with Crippen LogP contribution in [0.15, 0.2) is 36.4 Å². The molecule has 4 rings (SSSR count). The largest absolute Gasteiger partial charge is 0.497 e. The molecule has 0 saturated carbocycles. The molecule has 0 radical (unpaired) electrons. The van der Waals surface area contributed by atoms with Crippen LogP contribution in [0.3, 0.4) is 0 Å². The fraction of sp³-hybridized carbons (Fsp3) is 0.458. The first-order valence-corrected chi connectivity index (χ1v) is 10.3. The number of methoxy groups -OCH3 is 1. The van der Waals surface area contributed by atoms with Gasteiger partial charge >= 0.3 is 0 Å². The summed E-state index contributed by atoms with van der Waals surface area (Å²) in [6.45, 7) is 4.05. The Balaban J connectivity index is 1.42. The van der Waals surface area contributed by atoms with Gasteiger partial charge in [0, 0.05) is 18.1 Å². The van der Waals surface area contributed by atoms with Gasteiger partial charge in [0.25, 0.3) is 5.91 Å². The zero-order valence-corrected chi connectivity index (χ0v) is 17.4. The zero-order valence-electron chi connectivity index (χ0n) is 17.4. The van der Waals surface area contributed by atoms with Gasteiger partial charge in [-0.05, 0) is 74.9 Å². The van der Waals surface area contributed by atoms with Crippen LogP contribution in [0.2, 0.25) is 0 Å². The minimum atomic E-state index is -0.378. The van der Waals surface area contributed by atoms with Crippen LogP contribution in [0, 0.1) is 0 Å². The zero-order chi connectivity index (χ0) is 20.4. The maximum Gasteiger partial charge on any atom is 0.258 e. The molecule has 29 heavy (non-hydrogen) atoms. The maximum absolute atomic E-state index is 12.6. The minimum Gasteiger partial charge on any atom is -0.497 e. The van der Waals surface area contributed by atoms with Crippen LogP contribution in [-0.4, -0.2) is 25.2 Å². The summed E-state index contributed by atoms with van der Waals surface area (Å²) >= 11 is 0. The van der Waals surface area contributed by atoms with Crippen LogP contribution >= 0.6 is 0 Å². The van der Waals surface area contributed by atoms with Crippen LogP contribution in [-0.2, 0) is 17.6 Å². The second-order valence-electron chi connectivity index (χ2n) is 8.52. The van der Waals surface area contributed by atoms with E-state index in [1.54, 1.807) is 7.11 Å². The molecule has 1 aliphatic heterocycles. The second kappa shape index (κ2) is 7.97. The van der Waals surface area contributed by atoms with E-state index in [-0.39, 0.29) is 24.2 Å². The summed E-state index contributed by atoms with van der Waals surface area (Å²) < 4.78 is 17.2. The molecule has 1 aliphatic carbocycles. The van der Waals surface area contributed by atoms with Crippen LogP contribution in [0.4, 0.5) is 0 Å². The van der Waals surface area contributed by atoms with E-state index in [0.717, 1.165) is 35.7 Å². The minimum absolute atomic E-state index is 0.00204. The Labute approximate surface area is 172 Å². The molecule has 2 aromatic carbocycles. The third-order valence-corrected chi connectivity index (χ3v) is 5.70. The summed E-state index contributed by atoms with van der Waals surface area (Å²) in [7, 11) is 1.63. The third kappa shape index (κ3) is 4.50. The third-order valence-electron chi connectivity index (χ3n) is 5.70. The van der Waals surface area contributed by atoms with Crippen molar-refractivity contribution < 1.29 is 19.0 Å². The molecule has 1 N–H and O–H groups in total. The van der Waals surface area contributed by atoms with Crippen molar-refractivity contribution in [2.75, 3.05) is 13.7 Å². The van der Waals surface area contributed by atoms with E-state index in [2.05, 4.69) is 17.4 Å². The summed E-state index contributed by atoms with van der Waals surface area (Å²) in [5.41, 5.74) is 3.34. The number of hydrogen-bond donors (Lipinski definition) is 1. The molecule has 5 heteroatoms. The second-order valence-corrected chi connectivity index (χ2v) is 8.52. The van der Waals surface area contributed by atoms with Crippen molar-refractivity contribution in [3.63, 3.8) is 0 Å². The molecule has 2 aliphatic rings. The summed E-state index contributed by atoms with van der Waals surface area (Å²) in [5, 5.41) is 3.12. The molecule has 1 unspecified atom stereocenters. The summed E-state index contributed by atoms with van der Waals surface area (Å²) in [6, 6.07) is 11.8. The van der Waals surface area contributed by atoms with E-state index in [1.165, 1.54) is 24.0 Å². The number of rotatable bonds is 5. The van der Waals surface area contributed by atoms with Gasteiger partial charge in [0.1, 0.15) is 22.8 Å². The van der Waals surface area contributed by atoms with Crippen molar-refractivity contribution in [3.05, 3.63) is 53.1 Å². The molecule has 0 spiro atoms. The molecule has 0 fully saturated rings. The lowest BCUT2D eigenvalue weighted by Gasteiger charge is -2.38. The Morgan fingerprint density at radius 2 is 1.86 bits per heavy atom. The molecule has 2 aromatic rings. The van der Waals surface area contributed by atoms with Crippen molar-refractivity contribution in [1.82, 2.24) is 5.32 Å². The monoisotopic (exact) mass is 395 g/mol. The van der Waals surface area contributed by atoms with Gasteiger partial charge in [-0.2, -0.15) is 0 Å². The lowest BCUT2D eigenvalue weighted by Crippen LogP contribution is -2.42. The average Bonchev–Trinajstić information content (AvgIpc) is 2.70. The molecule has 0 aromatic heterocycles. The van der Waals surface area contributed by atoms with Crippen molar-refractivity contribution in [2.45, 2.75) is 57.6 Å². The SMILES string of the molecule is COc1ccc2c(c1)OC(C)(C)CC2NC(=O)COc1ccc2c(c1)CCCC2. The number of carbonyl (C=O) groups excluding carboxylic acids is 1. The smallest absolute Gasteiger partial charge is 0.258 e. The molecule has 1 amide bonds. The normalized spacial score (nSPS) is 19.3. The number of fused-ring (bicyclic) bond motifs is 2. The Morgan fingerprint density at radius 1 is 1.10 bits per heavy atom. The molecule has 1 atom stereocenters. The quantitative estimate of drug-likeness (QED) is 0.817. The van der Waals surface area contributed by atoms with Gasteiger partial charge in [0.2, 0.25) is 0 Å². The highest BCUT2D eigenvalue weighted by Crippen LogP contribution is 2.41. The predicted molar refractivity (Wildman–Crippen MR) is 112 cm³/mol. The van der Waals surface area contributed by atoms with Gasteiger partial charge in [0.05, 0.1) is 13.2 Å². The van der Waals surface area contributed by atoms with Crippen molar-refractivity contribution in [1.29, 1.82) is 0 Å². The first-order valence-electron chi connectivity index (χ1n) is 10.3. The van der Waals surface area contributed by atoms with E-state index in [0.29, 0.717) is 6.42 Å². The number of aryl methyl sites for hydroxylation is 2. The Morgan fingerprint density at radius 3 is 2.66 bits per heavy atom. The van der Waals surface area contributed by atoms with Gasteiger partial charge < -0.3 is 19.5 Å². The van der Waals surface area contributed by atoms with Crippen molar-refractivity contribution >= 4 is 5.91 Å². The standard InChI is InChI=1S/C24H29NO4/c1-24(2)14-21(20-11-10-18(27-3)13-22(20)29-24)25-23(26)15-28-19-9-8-16-6-4-5-7-17(16)12-19/h8-13,21H,4-7,14-15H2,1-3H3,(H,25,26). The highest BCUT2D eigenvalue weighted by Gasteiger charge is 2.34. The Kier molecular flexibility index (Phi) is 5.39. The van der Waals surface area contributed by atoms with Gasteiger partial charge in [-0.1, -0.05) is 6.07 Å². The van der Waals surface area contributed by atoms with Crippen molar-refractivity contribution in [3.8, 4) is 17.2 Å². The number of amides is 1. The fourth-order valence-electron chi connectivity index (χ4n) is 4.27. The summed E-state index contributed by atoms with van der Waals surface area (Å²) in [4.78, 5) is 12.6. The summed E-state index contributed by atoms with van der Waals surface area (Å²) in [5.74, 6) is 2.12. The maximum atomic E-state index is 12.6. The Bertz CT molecular complexity index is 906. The molecule has 154 valence electrons. The van der Waals surface area contributed by atoms with E-state index in [1.807, 2.05) is 38.1 Å². The fourth-order valence-corrected chi connectivity index (χ4v) is 4.27. The molecule has 5 nitrogen and oxygen atoms in total. The summed E-state index contributed by atoms with van der Waals surface area (Å²) in [6.07, 6.45) is 5.40. The van der Waals surface area contributed by atoms with Crippen LogP contribution in [0.25, 0.3) is 0 Å². The van der Waals surface area contributed by atoms with Crippen LogP contribution in [0.1, 0.15) is 55.8 Å². The highest BCUT2D eigenvalue weighted by molar-refractivity contribution is 5.78. The number of benzene rings is 2. The number of carbonyl (C=O) groups is 1. The van der Waals surface area contributed by atoms with Crippen LogP contribution < -0.4 is 19.5 Å². The lowest BCUT2D eigenvalue weighted by atomic mass is 9.89. The Hall–Kier alpha value is -2.69. The van der Waals surface area contributed by atoms with Gasteiger partial charge in [-0.15, -0.1) is 0 Å². The van der Waals surface area contributed by atoms with E-state index < -0.39 is 0 Å². The predicted octanol–water partition coefficient (Wildman–Crippen LogP) is 4.37. The number of ether oxygens (including phenoxy) is 3. The molecular weight excluding hydrogens is 366 g/mol.